The average Bonchev–Trinajstić information content (AvgIpc) is 2.27. The molecule has 2 rings (SSSR count). The Hall–Kier alpha value is -0.770. The lowest BCUT2D eigenvalue weighted by atomic mass is 10.2. The Morgan fingerprint density at radius 3 is 2.94 bits per heavy atom. The number of hydrogen-bond donors (Lipinski definition) is 1. The molecule has 0 atom stereocenters. The van der Waals surface area contributed by atoms with Crippen LogP contribution in [0, 0.1) is 0 Å². The Morgan fingerprint density at radius 2 is 2.19 bits per heavy atom. The molecule has 0 saturated carbocycles. The molecular formula is C11H12Cl2N2O. The smallest absolute Gasteiger partial charge is 0.236 e. The van der Waals surface area contributed by atoms with Crippen molar-refractivity contribution in [2.75, 3.05) is 19.6 Å². The summed E-state index contributed by atoms with van der Waals surface area (Å²) >= 11 is 11.9. The van der Waals surface area contributed by atoms with Gasteiger partial charge in [0.05, 0.1) is 6.54 Å². The molecule has 1 aliphatic heterocycles. The molecule has 1 aromatic carbocycles. The van der Waals surface area contributed by atoms with Gasteiger partial charge in [0, 0.05) is 29.7 Å². The number of nitrogens with one attached hydrogen (secondary N) is 1. The number of nitrogens with zero attached hydrogens (tertiary/aromatic N) is 1. The van der Waals surface area contributed by atoms with Gasteiger partial charge in [-0.25, -0.2) is 0 Å². The summed E-state index contributed by atoms with van der Waals surface area (Å²) in [5, 5.41) is 4.32. The van der Waals surface area contributed by atoms with Crippen LogP contribution in [0.3, 0.4) is 0 Å². The van der Waals surface area contributed by atoms with Crippen LogP contribution in [-0.4, -0.2) is 30.4 Å². The van der Waals surface area contributed by atoms with Crippen molar-refractivity contribution in [3.8, 4) is 0 Å². The molecule has 0 bridgehead atoms. The van der Waals surface area contributed by atoms with Gasteiger partial charge in [0.2, 0.25) is 5.91 Å². The van der Waals surface area contributed by atoms with Crippen LogP contribution in [0.4, 0.5) is 0 Å². The van der Waals surface area contributed by atoms with E-state index < -0.39 is 0 Å². The predicted molar refractivity (Wildman–Crippen MR) is 64.7 cm³/mol. The summed E-state index contributed by atoms with van der Waals surface area (Å²) in [6.07, 6.45) is 0. The Balaban J connectivity index is 2.13. The summed E-state index contributed by atoms with van der Waals surface area (Å²) in [4.78, 5) is 13.4. The molecule has 1 aromatic rings. The van der Waals surface area contributed by atoms with Crippen molar-refractivity contribution in [2.24, 2.45) is 0 Å². The second-order valence-electron chi connectivity index (χ2n) is 3.73. The lowest BCUT2D eigenvalue weighted by Gasteiger charge is -2.27. The van der Waals surface area contributed by atoms with Crippen LogP contribution in [0.2, 0.25) is 10.0 Å². The van der Waals surface area contributed by atoms with Crippen LogP contribution in [0.5, 0.6) is 0 Å². The second kappa shape index (κ2) is 5.04. The van der Waals surface area contributed by atoms with Gasteiger partial charge in [-0.05, 0) is 23.8 Å². The third-order valence-corrected chi connectivity index (χ3v) is 3.16. The highest BCUT2D eigenvalue weighted by Crippen LogP contribution is 2.22. The maximum absolute atomic E-state index is 11.6. The minimum atomic E-state index is 0.0993. The summed E-state index contributed by atoms with van der Waals surface area (Å²) in [6.45, 7) is 2.46. The van der Waals surface area contributed by atoms with E-state index in [1.807, 2.05) is 0 Å². The van der Waals surface area contributed by atoms with Gasteiger partial charge >= 0.3 is 0 Å². The first-order chi connectivity index (χ1) is 7.66. The average molecular weight is 259 g/mol. The summed E-state index contributed by atoms with van der Waals surface area (Å²) in [5.74, 6) is 0.0993. The summed E-state index contributed by atoms with van der Waals surface area (Å²) in [6, 6.07) is 5.30. The third kappa shape index (κ3) is 2.67. The standard InChI is InChI=1S/C11H12Cl2N2O/c12-9-1-2-10(13)8(5-9)7-15-4-3-14-6-11(15)16/h1-2,5,14H,3-4,6-7H2. The molecule has 0 radical (unpaired) electrons. The number of carbonyl (C=O) groups excluding carboxylic acids is 1. The number of rotatable bonds is 2. The van der Waals surface area contributed by atoms with Gasteiger partial charge in [0.25, 0.3) is 0 Å². The van der Waals surface area contributed by atoms with Crippen LogP contribution < -0.4 is 5.32 Å². The highest BCUT2D eigenvalue weighted by Gasteiger charge is 2.18. The Morgan fingerprint density at radius 1 is 1.38 bits per heavy atom. The van der Waals surface area contributed by atoms with E-state index in [4.69, 9.17) is 23.2 Å². The van der Waals surface area contributed by atoms with Crippen LogP contribution in [-0.2, 0) is 11.3 Å². The number of piperazine rings is 1. The molecule has 1 saturated heterocycles. The Labute approximate surface area is 104 Å². The number of benzene rings is 1. The van der Waals surface area contributed by atoms with Gasteiger partial charge in [0.1, 0.15) is 0 Å². The largest absolute Gasteiger partial charge is 0.336 e. The molecule has 1 amide bonds. The van der Waals surface area contributed by atoms with Crippen molar-refractivity contribution in [2.45, 2.75) is 6.54 Å². The van der Waals surface area contributed by atoms with E-state index >= 15 is 0 Å². The molecule has 1 aliphatic rings. The lowest BCUT2D eigenvalue weighted by molar-refractivity contribution is -0.132. The maximum Gasteiger partial charge on any atom is 0.236 e. The van der Waals surface area contributed by atoms with E-state index in [-0.39, 0.29) is 5.91 Å². The molecule has 5 heteroatoms. The molecule has 1 heterocycles. The quantitative estimate of drug-likeness (QED) is 0.880. The molecule has 16 heavy (non-hydrogen) atoms. The molecule has 86 valence electrons. The van der Waals surface area contributed by atoms with E-state index in [0.717, 1.165) is 12.1 Å². The van der Waals surface area contributed by atoms with Crippen molar-refractivity contribution in [3.63, 3.8) is 0 Å². The molecule has 3 nitrogen and oxygen atoms in total. The zero-order chi connectivity index (χ0) is 11.5. The van der Waals surface area contributed by atoms with Gasteiger partial charge in [-0.3, -0.25) is 4.79 Å². The first kappa shape index (κ1) is 11.7. The van der Waals surface area contributed by atoms with Crippen LogP contribution in [0.1, 0.15) is 5.56 Å². The molecule has 0 aromatic heterocycles. The fourth-order valence-electron chi connectivity index (χ4n) is 1.68. The van der Waals surface area contributed by atoms with Crippen LogP contribution >= 0.6 is 23.2 Å². The number of carbonyl (C=O) groups is 1. The fourth-order valence-corrected chi connectivity index (χ4v) is 2.06. The van der Waals surface area contributed by atoms with E-state index in [1.165, 1.54) is 0 Å². The molecule has 1 fully saturated rings. The third-order valence-electron chi connectivity index (χ3n) is 2.56. The first-order valence-corrected chi connectivity index (χ1v) is 5.85. The predicted octanol–water partition coefficient (Wildman–Crippen LogP) is 1.93. The summed E-state index contributed by atoms with van der Waals surface area (Å²) < 4.78 is 0. The molecule has 1 N–H and O–H groups in total. The van der Waals surface area contributed by atoms with Crippen molar-refractivity contribution in [1.82, 2.24) is 10.2 Å². The van der Waals surface area contributed by atoms with Gasteiger partial charge < -0.3 is 10.2 Å². The van der Waals surface area contributed by atoms with Crippen molar-refractivity contribution in [1.29, 1.82) is 0 Å². The van der Waals surface area contributed by atoms with Crippen molar-refractivity contribution >= 4 is 29.1 Å². The number of hydrogen-bond acceptors (Lipinski definition) is 2. The molecule has 0 spiro atoms. The van der Waals surface area contributed by atoms with E-state index in [0.29, 0.717) is 29.7 Å². The lowest BCUT2D eigenvalue weighted by Crippen LogP contribution is -2.47. The van der Waals surface area contributed by atoms with Crippen molar-refractivity contribution in [3.05, 3.63) is 33.8 Å². The minimum absolute atomic E-state index is 0.0993. The monoisotopic (exact) mass is 258 g/mol. The van der Waals surface area contributed by atoms with Gasteiger partial charge in [0.15, 0.2) is 0 Å². The molecule has 0 unspecified atom stereocenters. The Kier molecular flexibility index (Phi) is 3.69. The zero-order valence-corrected chi connectivity index (χ0v) is 10.2. The van der Waals surface area contributed by atoms with Crippen molar-refractivity contribution < 1.29 is 4.79 Å². The van der Waals surface area contributed by atoms with Crippen LogP contribution in [0.15, 0.2) is 18.2 Å². The SMILES string of the molecule is O=C1CNCCN1Cc1cc(Cl)ccc1Cl. The highest BCUT2D eigenvalue weighted by atomic mass is 35.5. The highest BCUT2D eigenvalue weighted by molar-refractivity contribution is 6.33. The second-order valence-corrected chi connectivity index (χ2v) is 4.57. The van der Waals surface area contributed by atoms with E-state index in [1.54, 1.807) is 23.1 Å². The van der Waals surface area contributed by atoms with E-state index in [2.05, 4.69) is 5.32 Å². The zero-order valence-electron chi connectivity index (χ0n) is 8.67. The van der Waals surface area contributed by atoms with E-state index in [9.17, 15) is 4.79 Å². The fraction of sp³-hybridized carbons (Fsp3) is 0.364. The summed E-state index contributed by atoms with van der Waals surface area (Å²) in [7, 11) is 0. The topological polar surface area (TPSA) is 32.3 Å². The van der Waals surface area contributed by atoms with Gasteiger partial charge in [-0.15, -0.1) is 0 Å². The minimum Gasteiger partial charge on any atom is -0.336 e. The maximum atomic E-state index is 11.6. The van der Waals surface area contributed by atoms with Gasteiger partial charge in [-0.1, -0.05) is 23.2 Å². The first-order valence-electron chi connectivity index (χ1n) is 5.09. The van der Waals surface area contributed by atoms with Gasteiger partial charge in [-0.2, -0.15) is 0 Å². The molecular weight excluding hydrogens is 247 g/mol. The number of halogens is 2. The summed E-state index contributed by atoms with van der Waals surface area (Å²) in [5.41, 5.74) is 0.893. The molecule has 0 aliphatic carbocycles. The Bertz CT molecular complexity index is 409. The number of amides is 1. The van der Waals surface area contributed by atoms with Crippen LogP contribution in [0.25, 0.3) is 0 Å². The normalized spacial score (nSPS) is 16.6.